The summed E-state index contributed by atoms with van der Waals surface area (Å²) in [6, 6.07) is 6.10. The van der Waals surface area contributed by atoms with Crippen molar-refractivity contribution in [3.05, 3.63) is 41.0 Å². The number of amides is 1. The van der Waals surface area contributed by atoms with Gasteiger partial charge in [0.2, 0.25) is 5.91 Å². The van der Waals surface area contributed by atoms with Crippen LogP contribution >= 0.6 is 11.8 Å². The molecular weight excluding hydrogens is 320 g/mol. The van der Waals surface area contributed by atoms with Crippen LogP contribution in [0.2, 0.25) is 0 Å². The fourth-order valence-electron chi connectivity index (χ4n) is 3.18. The molecular formula is C18H20N4OS. The number of allylic oxidation sites excluding steroid dienone is 1. The van der Waals surface area contributed by atoms with Gasteiger partial charge in [0.05, 0.1) is 11.2 Å². The van der Waals surface area contributed by atoms with Crippen molar-refractivity contribution in [1.82, 2.24) is 20.8 Å². The first-order valence-electron chi connectivity index (χ1n) is 8.33. The van der Waals surface area contributed by atoms with Gasteiger partial charge in [-0.25, -0.2) is 0 Å². The number of carbonyl (C=O) groups excluding carboxylic acids is 1. The first kappa shape index (κ1) is 15.5. The van der Waals surface area contributed by atoms with Gasteiger partial charge in [-0.3, -0.25) is 9.89 Å². The maximum absolute atomic E-state index is 12.0. The average Bonchev–Trinajstić information content (AvgIpc) is 3.04. The summed E-state index contributed by atoms with van der Waals surface area (Å²) in [4.78, 5) is 14.3. The normalized spacial score (nSPS) is 18.1. The Bertz CT molecular complexity index is 818. The first-order chi connectivity index (χ1) is 11.8. The number of carbonyl (C=O) groups is 1. The average molecular weight is 340 g/mol. The van der Waals surface area contributed by atoms with E-state index in [1.165, 1.54) is 4.90 Å². The van der Waals surface area contributed by atoms with E-state index in [1.807, 2.05) is 24.3 Å². The van der Waals surface area contributed by atoms with E-state index in [9.17, 15) is 4.79 Å². The molecule has 1 saturated heterocycles. The molecule has 124 valence electrons. The van der Waals surface area contributed by atoms with Crippen molar-refractivity contribution in [3.8, 4) is 0 Å². The number of H-pyrrole nitrogens is 1. The van der Waals surface area contributed by atoms with Gasteiger partial charge < -0.3 is 10.6 Å². The van der Waals surface area contributed by atoms with Crippen LogP contribution in [0, 0.1) is 5.92 Å². The number of rotatable bonds is 4. The third-order valence-electron chi connectivity index (χ3n) is 4.51. The molecule has 5 nitrogen and oxygen atoms in total. The van der Waals surface area contributed by atoms with Gasteiger partial charge in [-0.2, -0.15) is 5.10 Å². The quantitative estimate of drug-likeness (QED) is 0.749. The highest BCUT2D eigenvalue weighted by Gasteiger charge is 2.16. The lowest BCUT2D eigenvalue weighted by Gasteiger charge is -2.22. The maximum Gasteiger partial charge on any atom is 0.244 e. The predicted octanol–water partition coefficient (Wildman–Crippen LogP) is 2.68. The Hall–Kier alpha value is -2.05. The van der Waals surface area contributed by atoms with Gasteiger partial charge >= 0.3 is 0 Å². The van der Waals surface area contributed by atoms with Crippen LogP contribution < -0.4 is 10.6 Å². The Kier molecular flexibility index (Phi) is 4.40. The van der Waals surface area contributed by atoms with Gasteiger partial charge in [0, 0.05) is 27.8 Å². The van der Waals surface area contributed by atoms with Crippen LogP contribution in [0.4, 0.5) is 0 Å². The van der Waals surface area contributed by atoms with E-state index >= 15 is 0 Å². The molecule has 0 spiro atoms. The van der Waals surface area contributed by atoms with E-state index < -0.39 is 0 Å². The number of benzene rings is 1. The molecule has 1 amide bonds. The van der Waals surface area contributed by atoms with Crippen LogP contribution in [0.3, 0.4) is 0 Å². The van der Waals surface area contributed by atoms with Crippen LogP contribution in [0.5, 0.6) is 0 Å². The zero-order valence-corrected chi connectivity index (χ0v) is 14.2. The summed E-state index contributed by atoms with van der Waals surface area (Å²) >= 11 is 1.67. The zero-order valence-electron chi connectivity index (χ0n) is 13.3. The first-order valence-corrected chi connectivity index (χ1v) is 9.14. The zero-order chi connectivity index (χ0) is 16.4. The highest BCUT2D eigenvalue weighted by Crippen LogP contribution is 2.40. The van der Waals surface area contributed by atoms with Gasteiger partial charge in [0.1, 0.15) is 0 Å². The number of aromatic amines is 1. The second-order valence-electron chi connectivity index (χ2n) is 6.21. The molecule has 0 radical (unpaired) electrons. The Morgan fingerprint density at radius 1 is 1.38 bits per heavy atom. The highest BCUT2D eigenvalue weighted by atomic mass is 32.2. The number of nitrogens with one attached hydrogen (secondary N) is 3. The van der Waals surface area contributed by atoms with Crippen molar-refractivity contribution in [1.29, 1.82) is 0 Å². The number of piperidine rings is 1. The monoisotopic (exact) mass is 340 g/mol. The second kappa shape index (κ2) is 6.83. The third-order valence-corrected chi connectivity index (χ3v) is 5.56. The lowest BCUT2D eigenvalue weighted by atomic mass is 9.98. The summed E-state index contributed by atoms with van der Waals surface area (Å²) in [6.45, 7) is 2.87. The second-order valence-corrected chi connectivity index (χ2v) is 7.32. The van der Waals surface area contributed by atoms with Crippen LogP contribution in [0.15, 0.2) is 40.2 Å². The lowest BCUT2D eigenvalue weighted by Crippen LogP contribution is -2.35. The Morgan fingerprint density at radius 2 is 2.25 bits per heavy atom. The van der Waals surface area contributed by atoms with Crippen LogP contribution in [0.1, 0.15) is 18.5 Å². The molecule has 1 aromatic heterocycles. The van der Waals surface area contributed by atoms with Crippen molar-refractivity contribution in [2.45, 2.75) is 17.7 Å². The molecule has 2 aromatic rings. The van der Waals surface area contributed by atoms with Crippen molar-refractivity contribution in [3.63, 3.8) is 0 Å². The van der Waals surface area contributed by atoms with Crippen LogP contribution in [-0.2, 0) is 4.79 Å². The SMILES string of the molecule is O=C(C=CC1=Cc2[nH]nc3cccc(c23)S1)NCC1CCNCC1. The van der Waals surface area contributed by atoms with Crippen LogP contribution in [-0.4, -0.2) is 35.7 Å². The highest BCUT2D eigenvalue weighted by molar-refractivity contribution is 8.03. The van der Waals surface area contributed by atoms with E-state index in [0.29, 0.717) is 5.92 Å². The largest absolute Gasteiger partial charge is 0.352 e. The number of aromatic nitrogens is 2. The fraction of sp³-hybridized carbons (Fsp3) is 0.333. The molecule has 4 rings (SSSR count). The molecule has 3 N–H and O–H groups in total. The van der Waals surface area contributed by atoms with E-state index in [1.54, 1.807) is 17.8 Å². The third kappa shape index (κ3) is 3.25. The minimum atomic E-state index is -0.0244. The molecule has 0 bridgehead atoms. The smallest absolute Gasteiger partial charge is 0.244 e. The molecule has 6 heteroatoms. The number of hydrogen-bond acceptors (Lipinski definition) is 4. The standard InChI is InChI=1S/C18H20N4OS/c23-17(20-11-12-6-8-19-9-7-12)5-4-13-10-15-18-14(21-22-15)2-1-3-16(18)24-13/h1-5,10,12,19H,6-9,11H2,(H,20,23)(H,21,22). The van der Waals surface area contributed by atoms with Crippen molar-refractivity contribution in [2.75, 3.05) is 19.6 Å². The van der Waals surface area contributed by atoms with Crippen LogP contribution in [0.25, 0.3) is 17.0 Å². The van der Waals surface area contributed by atoms with Gasteiger partial charge in [-0.05, 0) is 56.1 Å². The van der Waals surface area contributed by atoms with E-state index in [4.69, 9.17) is 0 Å². The number of hydrogen-bond donors (Lipinski definition) is 3. The van der Waals surface area contributed by atoms with E-state index in [-0.39, 0.29) is 5.91 Å². The fourth-order valence-corrected chi connectivity index (χ4v) is 4.21. The number of thioether (sulfide) groups is 1. The van der Waals surface area contributed by atoms with E-state index in [2.05, 4.69) is 26.9 Å². The summed E-state index contributed by atoms with van der Waals surface area (Å²) in [5, 5.41) is 14.9. The minimum Gasteiger partial charge on any atom is -0.352 e. The number of nitrogens with zero attached hydrogens (tertiary/aromatic N) is 1. The lowest BCUT2D eigenvalue weighted by molar-refractivity contribution is -0.116. The maximum atomic E-state index is 12.0. The topological polar surface area (TPSA) is 69.8 Å². The molecule has 0 unspecified atom stereocenters. The van der Waals surface area contributed by atoms with Crippen molar-refractivity contribution < 1.29 is 4.79 Å². The van der Waals surface area contributed by atoms with Gasteiger partial charge in [0.25, 0.3) is 0 Å². The summed E-state index contributed by atoms with van der Waals surface area (Å²) < 4.78 is 0. The molecule has 0 atom stereocenters. The molecule has 3 heterocycles. The van der Waals surface area contributed by atoms with Crippen molar-refractivity contribution >= 4 is 34.6 Å². The molecule has 2 aliphatic heterocycles. The summed E-state index contributed by atoms with van der Waals surface area (Å²) in [6.07, 6.45) is 7.82. The Labute approximate surface area is 145 Å². The summed E-state index contributed by atoms with van der Waals surface area (Å²) in [7, 11) is 0. The van der Waals surface area contributed by atoms with Crippen molar-refractivity contribution in [2.24, 2.45) is 5.92 Å². The molecule has 1 fully saturated rings. The van der Waals surface area contributed by atoms with E-state index in [0.717, 1.165) is 54.0 Å². The predicted molar refractivity (Wildman–Crippen MR) is 97.7 cm³/mol. The van der Waals surface area contributed by atoms with Gasteiger partial charge in [0.15, 0.2) is 0 Å². The minimum absolute atomic E-state index is 0.0244. The molecule has 0 saturated carbocycles. The Morgan fingerprint density at radius 3 is 3.12 bits per heavy atom. The molecule has 24 heavy (non-hydrogen) atoms. The molecule has 1 aromatic carbocycles. The Balaban J connectivity index is 1.39. The summed E-state index contributed by atoms with van der Waals surface area (Å²) in [5.41, 5.74) is 1.99. The van der Waals surface area contributed by atoms with Gasteiger partial charge in [-0.1, -0.05) is 17.8 Å². The molecule has 0 aliphatic carbocycles. The molecule has 2 aliphatic rings. The van der Waals surface area contributed by atoms with Gasteiger partial charge in [-0.15, -0.1) is 0 Å². The summed E-state index contributed by atoms with van der Waals surface area (Å²) in [5.74, 6) is 0.570.